The Bertz CT molecular complexity index is 217. The minimum Gasteiger partial charge on any atom is -0.358 e. The Hall–Kier alpha value is -0.370. The smallest absolute Gasteiger partial charge is 0.165 e. The number of hydrogen-bond donors (Lipinski definition) is 0. The van der Waals surface area contributed by atoms with E-state index in [0.717, 1.165) is 6.42 Å². The molecule has 2 aliphatic rings. The maximum Gasteiger partial charge on any atom is 0.165 e. The molecule has 2 heteroatoms. The first kappa shape index (κ1) is 7.29. The number of hydrogen-bond acceptors (Lipinski definition) is 2. The van der Waals surface area contributed by atoms with Crippen LogP contribution in [0, 0.1) is 5.41 Å². The van der Waals surface area contributed by atoms with Crippen LogP contribution in [-0.2, 0) is 9.53 Å². The molecular weight excluding hydrogens is 140 g/mol. The van der Waals surface area contributed by atoms with Crippen molar-refractivity contribution in [2.24, 2.45) is 5.41 Å². The van der Waals surface area contributed by atoms with E-state index >= 15 is 0 Å². The Morgan fingerprint density at radius 3 is 2.64 bits per heavy atom. The van der Waals surface area contributed by atoms with E-state index in [-0.39, 0.29) is 17.1 Å². The minimum atomic E-state index is -0.0984. The number of Topliss-reactive ketones (excluding diaryl/α,β-unsaturated/α-hetero) is 1. The average Bonchev–Trinajstić information content (AvgIpc) is 2.36. The molecule has 2 nitrogen and oxygen atoms in total. The van der Waals surface area contributed by atoms with E-state index < -0.39 is 0 Å². The van der Waals surface area contributed by atoms with E-state index in [1.807, 2.05) is 6.92 Å². The molecule has 2 atom stereocenters. The summed E-state index contributed by atoms with van der Waals surface area (Å²) in [5.74, 6) is 0.295. The largest absolute Gasteiger partial charge is 0.358 e. The number of carbonyl (C=O) groups excluding carboxylic acids is 1. The molecule has 1 saturated carbocycles. The van der Waals surface area contributed by atoms with Gasteiger partial charge in [0.1, 0.15) is 11.7 Å². The molecule has 0 radical (unpaired) electrons. The van der Waals surface area contributed by atoms with Gasteiger partial charge in [-0.25, -0.2) is 0 Å². The van der Waals surface area contributed by atoms with Crippen LogP contribution in [0.4, 0.5) is 0 Å². The summed E-state index contributed by atoms with van der Waals surface area (Å²) >= 11 is 0. The summed E-state index contributed by atoms with van der Waals surface area (Å²) in [6.45, 7) is 6.30. The van der Waals surface area contributed by atoms with Crippen LogP contribution in [0.2, 0.25) is 0 Å². The monoisotopic (exact) mass is 154 g/mol. The van der Waals surface area contributed by atoms with Crippen molar-refractivity contribution in [2.75, 3.05) is 0 Å². The van der Waals surface area contributed by atoms with Gasteiger partial charge in [0.2, 0.25) is 0 Å². The molecule has 2 rings (SSSR count). The topological polar surface area (TPSA) is 29.6 Å². The fourth-order valence-electron chi connectivity index (χ4n) is 2.35. The van der Waals surface area contributed by atoms with Crippen LogP contribution < -0.4 is 0 Å². The molecule has 0 aromatic carbocycles. The van der Waals surface area contributed by atoms with Gasteiger partial charge in [-0.15, -0.1) is 0 Å². The van der Waals surface area contributed by atoms with Gasteiger partial charge >= 0.3 is 0 Å². The predicted molar refractivity (Wildman–Crippen MR) is 41.3 cm³/mol. The molecule has 0 aromatic heterocycles. The van der Waals surface area contributed by atoms with Crippen molar-refractivity contribution < 1.29 is 9.53 Å². The lowest BCUT2D eigenvalue weighted by atomic mass is 9.72. The van der Waals surface area contributed by atoms with Crippen LogP contribution in [0.1, 0.15) is 33.6 Å². The van der Waals surface area contributed by atoms with E-state index in [1.54, 1.807) is 0 Å². The third-order valence-electron chi connectivity index (χ3n) is 2.66. The van der Waals surface area contributed by atoms with E-state index in [9.17, 15) is 4.79 Å². The fourth-order valence-corrected chi connectivity index (χ4v) is 2.35. The summed E-state index contributed by atoms with van der Waals surface area (Å²) in [5.41, 5.74) is 0.0532. The molecule has 1 heterocycles. The van der Waals surface area contributed by atoms with Crippen molar-refractivity contribution in [1.82, 2.24) is 0 Å². The molecule has 2 fully saturated rings. The Morgan fingerprint density at radius 2 is 2.09 bits per heavy atom. The maximum atomic E-state index is 11.3. The van der Waals surface area contributed by atoms with Gasteiger partial charge < -0.3 is 4.74 Å². The van der Waals surface area contributed by atoms with Gasteiger partial charge in [-0.3, -0.25) is 4.79 Å². The van der Waals surface area contributed by atoms with E-state index in [1.165, 1.54) is 0 Å². The van der Waals surface area contributed by atoms with E-state index in [4.69, 9.17) is 4.74 Å². The van der Waals surface area contributed by atoms with Crippen LogP contribution >= 0.6 is 0 Å². The van der Waals surface area contributed by atoms with Crippen molar-refractivity contribution in [3.8, 4) is 0 Å². The highest BCUT2D eigenvalue weighted by atomic mass is 16.6. The Labute approximate surface area is 66.9 Å². The molecule has 1 aliphatic heterocycles. The molecule has 1 aliphatic carbocycles. The number of ether oxygens (including phenoxy) is 1. The van der Waals surface area contributed by atoms with Gasteiger partial charge in [0, 0.05) is 6.42 Å². The lowest BCUT2D eigenvalue weighted by Crippen LogP contribution is -2.34. The van der Waals surface area contributed by atoms with Gasteiger partial charge in [0.05, 0.1) is 0 Å². The van der Waals surface area contributed by atoms with Crippen LogP contribution in [0.25, 0.3) is 0 Å². The van der Waals surface area contributed by atoms with Crippen molar-refractivity contribution in [3.05, 3.63) is 0 Å². The fraction of sp³-hybridized carbons (Fsp3) is 0.889. The minimum absolute atomic E-state index is 0.0597. The maximum absolute atomic E-state index is 11.3. The average molecular weight is 154 g/mol. The first-order valence-corrected chi connectivity index (χ1v) is 4.14. The first-order chi connectivity index (χ1) is 4.93. The van der Waals surface area contributed by atoms with Crippen molar-refractivity contribution in [3.63, 3.8) is 0 Å². The lowest BCUT2D eigenvalue weighted by Gasteiger charge is -2.29. The van der Waals surface area contributed by atoms with Crippen LogP contribution in [-0.4, -0.2) is 17.5 Å². The second-order valence-electron chi connectivity index (χ2n) is 4.79. The zero-order valence-corrected chi connectivity index (χ0v) is 7.31. The van der Waals surface area contributed by atoms with Crippen LogP contribution in [0.3, 0.4) is 0 Å². The second-order valence-corrected chi connectivity index (χ2v) is 4.79. The standard InChI is InChI=1S/C9H14O2/c1-8(2)4-6(10)7-9(3,5-8)11-7/h7H,4-5H2,1-3H3/t7-,9+/m0/s1. The van der Waals surface area contributed by atoms with Crippen molar-refractivity contribution in [2.45, 2.75) is 45.3 Å². The number of epoxide rings is 1. The third-order valence-corrected chi connectivity index (χ3v) is 2.66. The summed E-state index contributed by atoms with van der Waals surface area (Å²) in [7, 11) is 0. The van der Waals surface area contributed by atoms with Crippen molar-refractivity contribution >= 4 is 5.78 Å². The van der Waals surface area contributed by atoms with E-state index in [0.29, 0.717) is 12.2 Å². The summed E-state index contributed by atoms with van der Waals surface area (Å²) in [6, 6.07) is 0. The molecule has 0 N–H and O–H groups in total. The number of carbonyl (C=O) groups is 1. The molecule has 62 valence electrons. The Kier molecular flexibility index (Phi) is 1.12. The highest BCUT2D eigenvalue weighted by molar-refractivity contribution is 5.88. The van der Waals surface area contributed by atoms with Crippen LogP contribution in [0.15, 0.2) is 0 Å². The summed E-state index contributed by atoms with van der Waals surface area (Å²) < 4.78 is 5.36. The molecule has 0 unspecified atom stereocenters. The molecule has 11 heavy (non-hydrogen) atoms. The third kappa shape index (κ3) is 1.00. The number of fused-ring (bicyclic) bond motifs is 1. The number of rotatable bonds is 0. The summed E-state index contributed by atoms with van der Waals surface area (Å²) in [6.07, 6.45) is 1.65. The SMILES string of the molecule is CC1(C)CC(=O)[C@@H]2O[C@]2(C)C1. The van der Waals surface area contributed by atoms with Gasteiger partial charge in [-0.05, 0) is 18.8 Å². The molecule has 1 saturated heterocycles. The van der Waals surface area contributed by atoms with Gasteiger partial charge in [-0.2, -0.15) is 0 Å². The molecule has 0 aromatic rings. The molecule has 0 spiro atoms. The lowest BCUT2D eigenvalue weighted by molar-refractivity contribution is -0.123. The quantitative estimate of drug-likeness (QED) is 0.495. The van der Waals surface area contributed by atoms with Crippen molar-refractivity contribution in [1.29, 1.82) is 0 Å². The Balaban J connectivity index is 2.21. The van der Waals surface area contributed by atoms with Gasteiger partial charge in [0.25, 0.3) is 0 Å². The van der Waals surface area contributed by atoms with Gasteiger partial charge in [0.15, 0.2) is 5.78 Å². The molecule has 0 bridgehead atoms. The normalized spacial score (nSPS) is 46.8. The molecular formula is C9H14O2. The number of ketones is 1. The van der Waals surface area contributed by atoms with E-state index in [2.05, 4.69) is 13.8 Å². The second kappa shape index (κ2) is 1.69. The zero-order valence-electron chi connectivity index (χ0n) is 7.31. The summed E-state index contributed by atoms with van der Waals surface area (Å²) in [5, 5.41) is 0. The highest BCUT2D eigenvalue weighted by Gasteiger charge is 2.62. The molecule has 0 amide bonds. The summed E-state index contributed by atoms with van der Waals surface area (Å²) in [4.78, 5) is 11.3. The predicted octanol–water partition coefficient (Wildman–Crippen LogP) is 1.53. The zero-order chi connectivity index (χ0) is 8.28. The highest BCUT2D eigenvalue weighted by Crippen LogP contribution is 2.52. The first-order valence-electron chi connectivity index (χ1n) is 4.14. The van der Waals surface area contributed by atoms with Crippen LogP contribution in [0.5, 0.6) is 0 Å². The Morgan fingerprint density at radius 1 is 1.45 bits per heavy atom. The van der Waals surface area contributed by atoms with Gasteiger partial charge in [-0.1, -0.05) is 13.8 Å².